The van der Waals surface area contributed by atoms with Crippen LogP contribution in [0.2, 0.25) is 0 Å². The number of anilines is 1. The number of hydrogen-bond donors (Lipinski definition) is 2. The molecular weight excluding hydrogens is 286 g/mol. The lowest BCUT2D eigenvalue weighted by Crippen LogP contribution is -2.17. The van der Waals surface area contributed by atoms with E-state index >= 15 is 0 Å². The van der Waals surface area contributed by atoms with Crippen LogP contribution in [0.1, 0.15) is 34.3 Å². The molecule has 1 atom stereocenters. The molecule has 0 spiro atoms. The van der Waals surface area contributed by atoms with Crippen LogP contribution in [0.15, 0.2) is 48.5 Å². The van der Waals surface area contributed by atoms with Crippen LogP contribution in [-0.2, 0) is 6.54 Å². The van der Waals surface area contributed by atoms with E-state index in [0.29, 0.717) is 11.5 Å². The van der Waals surface area contributed by atoms with Crippen molar-refractivity contribution in [3.63, 3.8) is 0 Å². The fourth-order valence-electron chi connectivity index (χ4n) is 2.54. The van der Waals surface area contributed by atoms with E-state index in [1.54, 1.807) is 6.07 Å². The maximum Gasteiger partial charge on any atom is 0.248 e. The molecule has 0 aliphatic rings. The van der Waals surface area contributed by atoms with Gasteiger partial charge in [0.15, 0.2) is 0 Å². The van der Waals surface area contributed by atoms with Gasteiger partial charge in [-0.25, -0.2) is 0 Å². The number of nitrogens with zero attached hydrogens (tertiary/aromatic N) is 1. The standard InChI is InChI=1S/C19H25N3O/c1-14(15-7-5-4-6-8-15)12-21-18-11-16(19(20)23)9-10-17(18)13-22(2)3/h4-11,14,21H,12-13H2,1-3H3,(H2,20,23). The van der Waals surface area contributed by atoms with Crippen LogP contribution in [0.5, 0.6) is 0 Å². The van der Waals surface area contributed by atoms with Gasteiger partial charge in [-0.2, -0.15) is 0 Å². The van der Waals surface area contributed by atoms with Gasteiger partial charge in [-0.15, -0.1) is 0 Å². The second-order valence-electron chi connectivity index (χ2n) is 6.17. The number of benzene rings is 2. The van der Waals surface area contributed by atoms with Crippen molar-refractivity contribution in [2.45, 2.75) is 19.4 Å². The van der Waals surface area contributed by atoms with Gasteiger partial charge in [-0.3, -0.25) is 4.79 Å². The molecule has 2 aromatic rings. The van der Waals surface area contributed by atoms with Gasteiger partial charge in [0.1, 0.15) is 0 Å². The predicted molar refractivity (Wildman–Crippen MR) is 95.7 cm³/mol. The quantitative estimate of drug-likeness (QED) is 0.826. The summed E-state index contributed by atoms with van der Waals surface area (Å²) in [6, 6.07) is 16.0. The topological polar surface area (TPSA) is 58.4 Å². The van der Waals surface area contributed by atoms with Crippen molar-refractivity contribution in [3.8, 4) is 0 Å². The van der Waals surface area contributed by atoms with Crippen LogP contribution in [0.3, 0.4) is 0 Å². The highest BCUT2D eigenvalue weighted by molar-refractivity contribution is 5.94. The second kappa shape index (κ2) is 7.79. The van der Waals surface area contributed by atoms with Crippen LogP contribution < -0.4 is 11.1 Å². The van der Waals surface area contributed by atoms with Gasteiger partial charge in [0.2, 0.25) is 5.91 Å². The second-order valence-corrected chi connectivity index (χ2v) is 6.17. The molecule has 3 N–H and O–H groups in total. The summed E-state index contributed by atoms with van der Waals surface area (Å²) in [5, 5.41) is 3.48. The van der Waals surface area contributed by atoms with Crippen molar-refractivity contribution in [2.24, 2.45) is 5.73 Å². The number of rotatable bonds is 7. The lowest BCUT2D eigenvalue weighted by atomic mass is 10.0. The highest BCUT2D eigenvalue weighted by Gasteiger charge is 2.10. The van der Waals surface area contributed by atoms with Crippen LogP contribution in [-0.4, -0.2) is 31.4 Å². The molecule has 23 heavy (non-hydrogen) atoms. The molecule has 0 saturated heterocycles. The highest BCUT2D eigenvalue weighted by Crippen LogP contribution is 2.21. The van der Waals surface area contributed by atoms with E-state index in [4.69, 9.17) is 5.73 Å². The first kappa shape index (κ1) is 17.0. The van der Waals surface area contributed by atoms with Crippen molar-refractivity contribution in [1.29, 1.82) is 0 Å². The Bertz CT molecular complexity index is 653. The van der Waals surface area contributed by atoms with Gasteiger partial charge in [0, 0.05) is 24.3 Å². The Morgan fingerprint density at radius 3 is 2.48 bits per heavy atom. The molecule has 4 nitrogen and oxygen atoms in total. The van der Waals surface area contributed by atoms with Gasteiger partial charge in [-0.05, 0) is 43.3 Å². The average molecular weight is 311 g/mol. The van der Waals surface area contributed by atoms with E-state index in [2.05, 4.69) is 41.4 Å². The summed E-state index contributed by atoms with van der Waals surface area (Å²) in [5.41, 5.74) is 9.35. The Hall–Kier alpha value is -2.33. The number of carbonyl (C=O) groups is 1. The molecular formula is C19H25N3O. The van der Waals surface area contributed by atoms with E-state index in [0.717, 1.165) is 24.3 Å². The van der Waals surface area contributed by atoms with Crippen molar-refractivity contribution in [2.75, 3.05) is 26.0 Å². The molecule has 0 fully saturated rings. The Balaban J connectivity index is 2.16. The fourth-order valence-corrected chi connectivity index (χ4v) is 2.54. The summed E-state index contributed by atoms with van der Waals surface area (Å²) in [4.78, 5) is 13.5. The van der Waals surface area contributed by atoms with Crippen molar-refractivity contribution in [3.05, 3.63) is 65.2 Å². The minimum absolute atomic E-state index is 0.376. The summed E-state index contributed by atoms with van der Waals surface area (Å²) in [6.07, 6.45) is 0. The monoisotopic (exact) mass is 311 g/mol. The molecule has 0 radical (unpaired) electrons. The zero-order valence-corrected chi connectivity index (χ0v) is 14.0. The molecule has 1 amide bonds. The minimum Gasteiger partial charge on any atom is -0.384 e. The number of carbonyl (C=O) groups excluding carboxylic acids is 1. The van der Waals surface area contributed by atoms with Crippen molar-refractivity contribution < 1.29 is 4.79 Å². The first-order chi connectivity index (χ1) is 11.0. The van der Waals surface area contributed by atoms with Gasteiger partial charge in [-0.1, -0.05) is 43.3 Å². The smallest absolute Gasteiger partial charge is 0.248 e. The maximum atomic E-state index is 11.4. The zero-order valence-electron chi connectivity index (χ0n) is 14.0. The van der Waals surface area contributed by atoms with Crippen molar-refractivity contribution >= 4 is 11.6 Å². The summed E-state index contributed by atoms with van der Waals surface area (Å²) < 4.78 is 0. The number of primary amides is 1. The molecule has 0 saturated carbocycles. The zero-order chi connectivity index (χ0) is 16.8. The van der Waals surface area contributed by atoms with Crippen LogP contribution in [0.25, 0.3) is 0 Å². The average Bonchev–Trinajstić information content (AvgIpc) is 2.53. The Kier molecular flexibility index (Phi) is 5.77. The number of nitrogens with one attached hydrogen (secondary N) is 1. The molecule has 0 aliphatic heterocycles. The van der Waals surface area contributed by atoms with Crippen LogP contribution >= 0.6 is 0 Å². The summed E-state index contributed by atoms with van der Waals surface area (Å²) in [7, 11) is 4.05. The van der Waals surface area contributed by atoms with E-state index in [-0.39, 0.29) is 0 Å². The molecule has 0 aromatic heterocycles. The van der Waals surface area contributed by atoms with E-state index < -0.39 is 5.91 Å². The van der Waals surface area contributed by atoms with Gasteiger partial charge in [0.05, 0.1) is 0 Å². The maximum absolute atomic E-state index is 11.4. The summed E-state index contributed by atoms with van der Waals surface area (Å²) >= 11 is 0. The third kappa shape index (κ3) is 4.83. The van der Waals surface area contributed by atoms with Crippen LogP contribution in [0, 0.1) is 0 Å². The molecule has 0 bridgehead atoms. The van der Waals surface area contributed by atoms with Crippen molar-refractivity contribution in [1.82, 2.24) is 4.90 Å². The molecule has 2 aromatic carbocycles. The molecule has 1 unspecified atom stereocenters. The third-order valence-corrected chi connectivity index (χ3v) is 3.85. The summed E-state index contributed by atoms with van der Waals surface area (Å²) in [6.45, 7) is 3.79. The first-order valence-corrected chi connectivity index (χ1v) is 7.83. The van der Waals surface area contributed by atoms with Gasteiger partial charge in [0.25, 0.3) is 0 Å². The largest absolute Gasteiger partial charge is 0.384 e. The van der Waals surface area contributed by atoms with Crippen LogP contribution in [0.4, 0.5) is 5.69 Å². The molecule has 4 heteroatoms. The Labute approximate surface area is 138 Å². The fraction of sp³-hybridized carbons (Fsp3) is 0.316. The minimum atomic E-state index is -0.402. The predicted octanol–water partition coefficient (Wildman–Crippen LogP) is 3.06. The number of amides is 1. The molecule has 2 rings (SSSR count). The van der Waals surface area contributed by atoms with Gasteiger partial charge < -0.3 is 16.0 Å². The van der Waals surface area contributed by atoms with E-state index in [1.807, 2.05) is 32.3 Å². The summed E-state index contributed by atoms with van der Waals surface area (Å²) in [5.74, 6) is -0.0267. The number of nitrogens with two attached hydrogens (primary N) is 1. The molecule has 0 heterocycles. The molecule has 0 aliphatic carbocycles. The SMILES string of the molecule is CC(CNc1cc(C(N)=O)ccc1CN(C)C)c1ccccc1. The lowest BCUT2D eigenvalue weighted by Gasteiger charge is -2.19. The normalized spacial score (nSPS) is 12.2. The van der Waals surface area contributed by atoms with E-state index in [9.17, 15) is 4.79 Å². The third-order valence-electron chi connectivity index (χ3n) is 3.85. The Morgan fingerprint density at radius 1 is 1.17 bits per heavy atom. The van der Waals surface area contributed by atoms with E-state index in [1.165, 1.54) is 5.56 Å². The lowest BCUT2D eigenvalue weighted by molar-refractivity contribution is 0.100. The Morgan fingerprint density at radius 2 is 1.87 bits per heavy atom. The molecule has 122 valence electrons. The van der Waals surface area contributed by atoms with Gasteiger partial charge >= 0.3 is 0 Å². The first-order valence-electron chi connectivity index (χ1n) is 7.83. The number of hydrogen-bond acceptors (Lipinski definition) is 3. The highest BCUT2D eigenvalue weighted by atomic mass is 16.1.